The lowest BCUT2D eigenvalue weighted by Gasteiger charge is -2.26. The lowest BCUT2D eigenvalue weighted by Crippen LogP contribution is -2.50. The van der Waals surface area contributed by atoms with Gasteiger partial charge in [-0.25, -0.2) is 9.67 Å². The molecule has 0 spiro atoms. The molecule has 0 bridgehead atoms. The molecule has 3 heterocycles. The Morgan fingerprint density at radius 1 is 1.02 bits per heavy atom. The van der Waals surface area contributed by atoms with Crippen LogP contribution in [0.4, 0.5) is 36.4 Å². The van der Waals surface area contributed by atoms with Crippen LogP contribution in [0.1, 0.15) is 50.6 Å². The number of aryl methyl sites for hydroxylation is 1. The maximum atomic E-state index is 14.1. The predicted octanol–water partition coefficient (Wildman–Crippen LogP) is 6.20. The summed E-state index contributed by atoms with van der Waals surface area (Å²) < 4.78 is 94.3. The number of hydrogen-bond donors (Lipinski definition) is 2. The van der Waals surface area contributed by atoms with E-state index < -0.39 is 42.1 Å². The second kappa shape index (κ2) is 12.2. The van der Waals surface area contributed by atoms with E-state index in [4.69, 9.17) is 23.2 Å². The molecule has 1 aliphatic rings. The zero-order chi connectivity index (χ0) is 33.6. The molecule has 0 unspecified atom stereocenters. The molecule has 0 saturated heterocycles. The van der Waals surface area contributed by atoms with Crippen LogP contribution in [-0.4, -0.2) is 60.2 Å². The molecule has 10 nitrogen and oxygen atoms in total. The summed E-state index contributed by atoms with van der Waals surface area (Å²) in [5, 5.41) is 16.4. The first-order chi connectivity index (χ1) is 21.5. The molecule has 1 fully saturated rings. The van der Waals surface area contributed by atoms with Crippen LogP contribution in [0.2, 0.25) is 10.0 Å². The number of aromatic nitrogens is 6. The van der Waals surface area contributed by atoms with Crippen LogP contribution in [0.25, 0.3) is 5.82 Å². The maximum absolute atomic E-state index is 14.1. The molecule has 0 radical (unpaired) electrons. The molecule has 0 aliphatic heterocycles. The van der Waals surface area contributed by atoms with Crippen molar-refractivity contribution in [1.29, 1.82) is 0 Å². The van der Waals surface area contributed by atoms with Gasteiger partial charge in [-0.1, -0.05) is 23.2 Å². The van der Waals surface area contributed by atoms with Crippen LogP contribution in [-0.2, 0) is 12.5 Å². The minimum Gasteiger partial charge on any atom is -0.352 e. The Kier molecular flexibility index (Phi) is 8.76. The van der Waals surface area contributed by atoms with E-state index in [-0.39, 0.29) is 44.7 Å². The van der Waals surface area contributed by atoms with E-state index in [1.165, 1.54) is 30.5 Å². The SMILES string of the molecule is Cc1cc(Cl)cc(C(=O)NCC2CC2)c1NC(=O)c1cc(Cn2ncc(C(F)(F)C(F)(F)C(F)(F)F)n2)nn1-c1ncccc1Cl. The number of alkyl halides is 7. The van der Waals surface area contributed by atoms with Gasteiger partial charge in [-0.05, 0) is 61.6 Å². The van der Waals surface area contributed by atoms with E-state index >= 15 is 0 Å². The number of hydrogen-bond acceptors (Lipinski definition) is 6. The fourth-order valence-corrected chi connectivity index (χ4v) is 4.76. The van der Waals surface area contributed by atoms with Gasteiger partial charge in [0.25, 0.3) is 11.8 Å². The molecule has 1 aliphatic carbocycles. The van der Waals surface area contributed by atoms with E-state index in [2.05, 4.69) is 30.9 Å². The summed E-state index contributed by atoms with van der Waals surface area (Å²) in [4.78, 5) is 31.2. The number of carbonyl (C=O) groups excluding carboxylic acids is 2. The van der Waals surface area contributed by atoms with Crippen molar-refractivity contribution < 1.29 is 40.3 Å². The maximum Gasteiger partial charge on any atom is 0.460 e. The van der Waals surface area contributed by atoms with Gasteiger partial charge in [-0.15, -0.1) is 0 Å². The average molecular weight is 693 g/mol. The number of benzene rings is 1. The molecule has 244 valence electrons. The van der Waals surface area contributed by atoms with E-state index in [0.717, 1.165) is 23.6 Å². The highest BCUT2D eigenvalue weighted by Gasteiger charge is 2.74. The molecule has 5 rings (SSSR count). The number of rotatable bonds is 10. The van der Waals surface area contributed by atoms with Crippen LogP contribution < -0.4 is 10.6 Å². The topological polar surface area (TPSA) is 120 Å². The van der Waals surface area contributed by atoms with E-state index in [1.54, 1.807) is 6.92 Å². The largest absolute Gasteiger partial charge is 0.460 e. The monoisotopic (exact) mass is 692 g/mol. The van der Waals surface area contributed by atoms with Crippen molar-refractivity contribution in [3.8, 4) is 5.82 Å². The lowest BCUT2D eigenvalue weighted by molar-refractivity contribution is -0.360. The van der Waals surface area contributed by atoms with Gasteiger partial charge in [0.2, 0.25) is 0 Å². The van der Waals surface area contributed by atoms with Gasteiger partial charge in [0.05, 0.1) is 28.2 Å². The van der Waals surface area contributed by atoms with E-state index in [1.807, 2.05) is 0 Å². The molecule has 46 heavy (non-hydrogen) atoms. The van der Waals surface area contributed by atoms with Gasteiger partial charge in [-0.2, -0.15) is 50.8 Å². The number of anilines is 1. The minimum atomic E-state index is -6.57. The molecular weight excluding hydrogens is 672 g/mol. The number of pyridine rings is 1. The van der Waals surface area contributed by atoms with Crippen LogP contribution >= 0.6 is 23.2 Å². The molecule has 0 atom stereocenters. The van der Waals surface area contributed by atoms with Crippen molar-refractivity contribution in [3.63, 3.8) is 0 Å². The average Bonchev–Trinajstić information content (AvgIpc) is 3.52. The number of nitrogens with zero attached hydrogens (tertiary/aromatic N) is 6. The molecule has 19 heteroatoms. The molecule has 2 N–H and O–H groups in total. The molecule has 2 amide bonds. The predicted molar refractivity (Wildman–Crippen MR) is 150 cm³/mol. The summed E-state index contributed by atoms with van der Waals surface area (Å²) in [5.41, 5.74) is -1.68. The number of carbonyl (C=O) groups is 2. The normalized spacial score (nSPS) is 14.0. The Morgan fingerprint density at radius 2 is 1.74 bits per heavy atom. The van der Waals surface area contributed by atoms with Crippen molar-refractivity contribution in [2.45, 2.75) is 44.3 Å². The smallest absolute Gasteiger partial charge is 0.352 e. The van der Waals surface area contributed by atoms with Crippen LogP contribution in [0.15, 0.2) is 42.7 Å². The third-order valence-corrected chi connectivity index (χ3v) is 7.39. The van der Waals surface area contributed by atoms with E-state index in [0.29, 0.717) is 22.8 Å². The number of halogens is 9. The van der Waals surface area contributed by atoms with Gasteiger partial charge in [-0.3, -0.25) is 9.59 Å². The Hall–Kier alpha value is -4.25. The van der Waals surface area contributed by atoms with Gasteiger partial charge in [0, 0.05) is 17.8 Å². The summed E-state index contributed by atoms with van der Waals surface area (Å²) in [5.74, 6) is -13.2. The summed E-state index contributed by atoms with van der Waals surface area (Å²) >= 11 is 12.5. The molecule has 3 aromatic heterocycles. The summed E-state index contributed by atoms with van der Waals surface area (Å²) in [6.07, 6.45) is -3.19. The van der Waals surface area contributed by atoms with Gasteiger partial charge >= 0.3 is 18.0 Å². The van der Waals surface area contributed by atoms with Gasteiger partial charge in [0.15, 0.2) is 11.5 Å². The van der Waals surface area contributed by atoms with E-state index in [9.17, 15) is 40.3 Å². The van der Waals surface area contributed by atoms with Crippen LogP contribution in [0.3, 0.4) is 0 Å². The second-order valence-electron chi connectivity index (χ2n) is 10.4. The van der Waals surface area contributed by atoms with Crippen molar-refractivity contribution in [1.82, 2.24) is 35.1 Å². The number of amides is 2. The zero-order valence-corrected chi connectivity index (χ0v) is 24.9. The Bertz CT molecular complexity index is 1800. The molecule has 1 aromatic carbocycles. The molecule has 1 saturated carbocycles. The van der Waals surface area contributed by atoms with Gasteiger partial charge < -0.3 is 10.6 Å². The minimum absolute atomic E-state index is 0.0301. The Balaban J connectivity index is 1.48. The summed E-state index contributed by atoms with van der Waals surface area (Å²) in [7, 11) is 0. The zero-order valence-electron chi connectivity index (χ0n) is 23.3. The quantitative estimate of drug-likeness (QED) is 0.191. The third kappa shape index (κ3) is 6.51. The lowest BCUT2D eigenvalue weighted by atomic mass is 10.1. The van der Waals surface area contributed by atoms with Crippen LogP contribution in [0.5, 0.6) is 0 Å². The second-order valence-corrected chi connectivity index (χ2v) is 11.2. The first-order valence-electron chi connectivity index (χ1n) is 13.3. The van der Waals surface area contributed by atoms with Crippen molar-refractivity contribution in [3.05, 3.63) is 81.0 Å². The van der Waals surface area contributed by atoms with Crippen molar-refractivity contribution in [2.75, 3.05) is 11.9 Å². The van der Waals surface area contributed by atoms with Crippen molar-refractivity contribution in [2.24, 2.45) is 5.92 Å². The summed E-state index contributed by atoms with van der Waals surface area (Å²) in [6, 6.07) is 6.97. The molecular formula is C27H21Cl2F7N8O2. The highest BCUT2D eigenvalue weighted by Crippen LogP contribution is 2.51. The summed E-state index contributed by atoms with van der Waals surface area (Å²) in [6.45, 7) is 1.39. The first-order valence-corrected chi connectivity index (χ1v) is 14.1. The highest BCUT2D eigenvalue weighted by molar-refractivity contribution is 6.32. The van der Waals surface area contributed by atoms with Gasteiger partial charge in [0.1, 0.15) is 12.2 Å². The standard InChI is InChI=1S/C27H21Cl2F7N8O2/c1-13-7-15(28)8-17(23(45)38-10-14-4-5-14)21(13)40-24(46)19-9-16(41-44(19)22-18(29)3-2-6-37-22)12-43-39-11-20(42-43)25(30,31)26(32,33)27(34,35)36/h2-3,6-9,11,14H,4-5,10,12H2,1H3,(H,38,45)(H,40,46). The first kappa shape index (κ1) is 33.1. The number of nitrogens with one attached hydrogen (secondary N) is 2. The fraction of sp³-hybridized carbons (Fsp3) is 0.333. The third-order valence-electron chi connectivity index (χ3n) is 6.88. The highest BCUT2D eigenvalue weighted by atomic mass is 35.5. The Labute approximate surface area is 264 Å². The van der Waals surface area contributed by atoms with Crippen molar-refractivity contribution >= 4 is 40.7 Å². The molecule has 4 aromatic rings. The Morgan fingerprint density at radius 3 is 2.39 bits per heavy atom. The van der Waals surface area contributed by atoms with Crippen LogP contribution in [0, 0.1) is 12.8 Å². The fourth-order valence-electron chi connectivity index (χ4n) is 4.28.